The number of carbonyl (C=O) groups is 1. The third-order valence-electron chi connectivity index (χ3n) is 0. The predicted molar refractivity (Wildman–Crippen MR) is 13.3 cm³/mol. The predicted octanol–water partition coefficient (Wildman–Crippen LogP) is -3.28. The Balaban J connectivity index is -0.0000000200. The van der Waals surface area contributed by atoms with Gasteiger partial charge in [0.05, 0.1) is 0 Å². The first kappa shape index (κ1) is 26.1. The number of hydrogen-bond acceptors (Lipinski definition) is 2. The van der Waals surface area contributed by atoms with Crippen LogP contribution in [0.2, 0.25) is 0 Å². The lowest BCUT2D eigenvalue weighted by atomic mass is 11.7. The second kappa shape index (κ2) is 127. The van der Waals surface area contributed by atoms with Crippen molar-refractivity contribution in [2.75, 3.05) is 0 Å². The topological polar surface area (TPSA) is 103 Å². The quantitative estimate of drug-likeness (QED) is 0.285. The van der Waals surface area contributed by atoms with Crippen molar-refractivity contribution >= 4 is 6.47 Å². The van der Waals surface area contributed by atoms with Crippen LogP contribution in [0.25, 0.3) is 0 Å². The maximum atomic E-state index is 8.25. The minimum absolute atomic E-state index is 0. The molecule has 4 N–H and O–H groups in total. The molecule has 4 nitrogen and oxygen atoms in total. The van der Waals surface area contributed by atoms with Crippen molar-refractivity contribution in [3.63, 3.8) is 0 Å². The van der Waals surface area contributed by atoms with Crippen molar-refractivity contribution in [3.05, 3.63) is 0 Å². The average Bonchev–Trinajstić information content (AvgIpc) is 0.918. The van der Waals surface area contributed by atoms with Gasteiger partial charge in [-0.25, -0.2) is 0 Å². The maximum absolute atomic E-state index is 8.25. The summed E-state index contributed by atoms with van der Waals surface area (Å²) in [6.07, 6.45) is 0. The Kier molecular flexibility index (Phi) is 665. The van der Waals surface area contributed by atoms with Gasteiger partial charge in [0.25, 0.3) is 0 Å². The third-order valence-corrected chi connectivity index (χ3v) is 0. The van der Waals surface area contributed by atoms with E-state index in [4.69, 9.17) is 9.90 Å². The number of carbonyl (C=O) groups excluding carboxylic acids is 1. The van der Waals surface area contributed by atoms with Crippen LogP contribution in [-0.4, -0.2) is 17.4 Å². The molecule has 34 valence electrons. The van der Waals surface area contributed by atoms with Gasteiger partial charge in [0.2, 0.25) is 0 Å². The minimum Gasteiger partial charge on any atom is -0.554 e. The first-order valence-corrected chi connectivity index (χ1v) is 0.471. The van der Waals surface area contributed by atoms with Crippen molar-refractivity contribution < 1.29 is 20.9 Å². The van der Waals surface area contributed by atoms with Gasteiger partial charge in [0.1, 0.15) is 0 Å². The summed E-state index contributed by atoms with van der Waals surface area (Å²) in [6, 6.07) is 0. The van der Waals surface area contributed by atoms with Gasteiger partial charge in [0.15, 0.2) is 0 Å². The summed E-state index contributed by atoms with van der Waals surface area (Å²) in [5.41, 5.74) is 0. The standard InChI is InChI=1S/CH2O2.2H2O/c2-1-3;;/h1H,(H,2,3);2*1H2/p-1. The lowest BCUT2D eigenvalue weighted by Gasteiger charge is -1.52. The molecule has 0 radical (unpaired) electrons. The zero-order valence-corrected chi connectivity index (χ0v) is 2.39. The molecule has 0 amide bonds. The third kappa shape index (κ3) is 17.6. The van der Waals surface area contributed by atoms with E-state index in [1.165, 1.54) is 0 Å². The van der Waals surface area contributed by atoms with Gasteiger partial charge in [-0.3, -0.25) is 0 Å². The van der Waals surface area contributed by atoms with Gasteiger partial charge in [-0.1, -0.05) is 0 Å². The van der Waals surface area contributed by atoms with Crippen molar-refractivity contribution in [1.29, 1.82) is 0 Å². The summed E-state index contributed by atoms with van der Waals surface area (Å²) in [5, 5.41) is 8.25. The highest BCUT2D eigenvalue weighted by Gasteiger charge is 0.996. The normalized spacial score (nSPS) is 2.40. The summed E-state index contributed by atoms with van der Waals surface area (Å²) in [6.45, 7) is -0.500. The highest BCUT2D eigenvalue weighted by molar-refractivity contribution is 5.29. The number of hydrogen-bond donors (Lipinski definition) is 0. The Morgan fingerprint density at radius 3 is 1.40 bits per heavy atom. The Morgan fingerprint density at radius 1 is 1.40 bits per heavy atom. The minimum atomic E-state index is -0.500. The average molecular weight is 81.0 g/mol. The Labute approximate surface area is 28.7 Å². The van der Waals surface area contributed by atoms with Crippen LogP contribution in [-0.2, 0) is 4.79 Å². The molecule has 0 unspecified atom stereocenters. The van der Waals surface area contributed by atoms with Crippen LogP contribution in [0.5, 0.6) is 0 Å². The van der Waals surface area contributed by atoms with Crippen molar-refractivity contribution in [2.45, 2.75) is 0 Å². The van der Waals surface area contributed by atoms with Gasteiger partial charge >= 0.3 is 0 Å². The van der Waals surface area contributed by atoms with E-state index in [1.54, 1.807) is 0 Å². The molecule has 0 aromatic heterocycles. The fourth-order valence-corrected chi connectivity index (χ4v) is 0. The largest absolute Gasteiger partial charge is 0.554 e. The highest BCUT2D eigenvalue weighted by Crippen LogP contribution is 0.754. The molecule has 0 aliphatic heterocycles. The SMILES string of the molecule is O.O.O=C[O-]. The summed E-state index contributed by atoms with van der Waals surface area (Å²) in [5.74, 6) is 0. The van der Waals surface area contributed by atoms with E-state index < -0.39 is 6.47 Å². The van der Waals surface area contributed by atoms with Gasteiger partial charge in [0, 0.05) is 6.47 Å². The van der Waals surface area contributed by atoms with Crippen LogP contribution in [0.4, 0.5) is 0 Å². The van der Waals surface area contributed by atoms with Crippen LogP contribution in [0.1, 0.15) is 0 Å². The molecule has 5 heavy (non-hydrogen) atoms. The fraction of sp³-hybridized carbons (Fsp3) is 0. The highest BCUT2D eigenvalue weighted by atomic mass is 16.3. The van der Waals surface area contributed by atoms with E-state index in [9.17, 15) is 0 Å². The molecule has 0 aliphatic carbocycles. The zero-order chi connectivity index (χ0) is 2.71. The second-order valence-electron chi connectivity index (χ2n) is 0.0962. The molecule has 0 saturated heterocycles. The van der Waals surface area contributed by atoms with Crippen LogP contribution in [0.3, 0.4) is 0 Å². The van der Waals surface area contributed by atoms with E-state index in [0.717, 1.165) is 0 Å². The molecule has 0 saturated carbocycles. The van der Waals surface area contributed by atoms with E-state index in [2.05, 4.69) is 0 Å². The lowest BCUT2D eigenvalue weighted by molar-refractivity contribution is -0.283. The Morgan fingerprint density at radius 2 is 1.40 bits per heavy atom. The van der Waals surface area contributed by atoms with E-state index in [-0.39, 0.29) is 11.0 Å². The Bertz CT molecular complexity index is 11.1. The van der Waals surface area contributed by atoms with E-state index in [1.807, 2.05) is 0 Å². The second-order valence-corrected chi connectivity index (χ2v) is 0.0962. The first-order valence-electron chi connectivity index (χ1n) is 0.471. The molecule has 0 aromatic carbocycles. The van der Waals surface area contributed by atoms with Gasteiger partial charge in [-0.05, 0) is 0 Å². The van der Waals surface area contributed by atoms with Crippen molar-refractivity contribution in [2.24, 2.45) is 0 Å². The van der Waals surface area contributed by atoms with Crippen molar-refractivity contribution in [1.82, 2.24) is 0 Å². The van der Waals surface area contributed by atoms with Crippen LogP contribution >= 0.6 is 0 Å². The molecular formula is CH5O4-. The van der Waals surface area contributed by atoms with Gasteiger partial charge in [-0.15, -0.1) is 0 Å². The van der Waals surface area contributed by atoms with Crippen LogP contribution < -0.4 is 5.11 Å². The van der Waals surface area contributed by atoms with E-state index in [0.29, 0.717) is 0 Å². The van der Waals surface area contributed by atoms with Crippen molar-refractivity contribution in [3.8, 4) is 0 Å². The molecule has 0 atom stereocenters. The van der Waals surface area contributed by atoms with Crippen LogP contribution in [0, 0.1) is 0 Å². The van der Waals surface area contributed by atoms with Crippen LogP contribution in [0.15, 0.2) is 0 Å². The molecule has 4 heteroatoms. The van der Waals surface area contributed by atoms with E-state index >= 15 is 0 Å². The van der Waals surface area contributed by atoms with Gasteiger partial charge < -0.3 is 20.9 Å². The molecule has 0 rings (SSSR count). The molecule has 0 aliphatic rings. The molecule has 0 bridgehead atoms. The molecule has 0 fully saturated rings. The monoisotopic (exact) mass is 81.0 g/mol. The molecule has 0 heterocycles. The van der Waals surface area contributed by atoms with Gasteiger partial charge in [-0.2, -0.15) is 0 Å². The summed E-state index contributed by atoms with van der Waals surface area (Å²) in [4.78, 5) is 8.25. The zero-order valence-electron chi connectivity index (χ0n) is 2.39. The Hall–Kier alpha value is -0.610. The maximum Gasteiger partial charge on any atom is 0.0275 e. The molecule has 0 spiro atoms. The lowest BCUT2D eigenvalue weighted by Crippen LogP contribution is -2.01. The first-order chi connectivity index (χ1) is 1.41. The molecular weight excluding hydrogens is 76.0 g/mol. The molecule has 0 aromatic rings. The summed E-state index contributed by atoms with van der Waals surface area (Å²) >= 11 is 0. The summed E-state index contributed by atoms with van der Waals surface area (Å²) < 4.78 is 0. The smallest absolute Gasteiger partial charge is 0.0275 e. The number of carboxylic acid groups (broad SMARTS) is 1. The number of rotatable bonds is 0. The fourth-order valence-electron chi connectivity index (χ4n) is 0. The summed E-state index contributed by atoms with van der Waals surface area (Å²) in [7, 11) is 0.